The van der Waals surface area contributed by atoms with Crippen LogP contribution in [0.15, 0.2) is 42.9 Å². The van der Waals surface area contributed by atoms with E-state index >= 15 is 0 Å². The predicted octanol–water partition coefficient (Wildman–Crippen LogP) is 1.93. The number of β-amino-alcohol motifs (C(OH)–C–C–N with tert-alkyl or cyclic N) is 1. The lowest BCUT2D eigenvalue weighted by molar-refractivity contribution is 0.0501. The lowest BCUT2D eigenvalue weighted by atomic mass is 10.0. The van der Waals surface area contributed by atoms with Gasteiger partial charge in [-0.2, -0.15) is 5.10 Å². The minimum Gasteiger partial charge on any atom is -0.390 e. The molecule has 4 N–H and O–H groups in total. The van der Waals surface area contributed by atoms with E-state index in [9.17, 15) is 5.11 Å². The largest absolute Gasteiger partial charge is 0.390 e. The zero-order valence-electron chi connectivity index (χ0n) is 15.5. The van der Waals surface area contributed by atoms with E-state index in [0.717, 1.165) is 48.5 Å². The van der Waals surface area contributed by atoms with Crippen LogP contribution in [0.2, 0.25) is 0 Å². The number of benzene rings is 1. The third-order valence-electron chi connectivity index (χ3n) is 5.25. The van der Waals surface area contributed by atoms with Crippen LogP contribution in [-0.2, 0) is 13.0 Å². The highest BCUT2D eigenvalue weighted by Gasteiger charge is 2.25. The molecule has 142 valence electrons. The van der Waals surface area contributed by atoms with Crippen molar-refractivity contribution in [3.63, 3.8) is 0 Å². The van der Waals surface area contributed by atoms with Crippen LogP contribution in [-0.4, -0.2) is 49.8 Å². The summed E-state index contributed by atoms with van der Waals surface area (Å²) < 4.78 is 1.85. The molecular weight excluding hydrogens is 340 g/mol. The topological polar surface area (TPSA) is 91.7 Å². The summed E-state index contributed by atoms with van der Waals surface area (Å²) in [7, 11) is 0. The highest BCUT2D eigenvalue weighted by molar-refractivity contribution is 5.76. The smallest absolute Gasteiger partial charge is 0.158 e. The first-order valence-electron chi connectivity index (χ1n) is 9.47. The Labute approximate surface area is 158 Å². The van der Waals surface area contributed by atoms with Crippen molar-refractivity contribution in [1.82, 2.24) is 19.5 Å². The van der Waals surface area contributed by atoms with E-state index in [1.165, 1.54) is 5.56 Å². The fourth-order valence-corrected chi connectivity index (χ4v) is 3.64. The van der Waals surface area contributed by atoms with Gasteiger partial charge >= 0.3 is 0 Å². The van der Waals surface area contributed by atoms with E-state index in [2.05, 4.69) is 51.5 Å². The van der Waals surface area contributed by atoms with Crippen molar-refractivity contribution in [3.05, 3.63) is 54.0 Å². The summed E-state index contributed by atoms with van der Waals surface area (Å²) in [6.07, 6.45) is 4.83. The van der Waals surface area contributed by atoms with Gasteiger partial charge in [0.15, 0.2) is 5.82 Å². The highest BCUT2D eigenvalue weighted by atomic mass is 16.3. The monoisotopic (exact) mass is 366 g/mol. The summed E-state index contributed by atoms with van der Waals surface area (Å²) in [6.45, 7) is 4.35. The molecule has 27 heavy (non-hydrogen) atoms. The molecule has 3 heterocycles. The number of nitrogens with two attached hydrogens (primary N) is 1. The first-order valence-corrected chi connectivity index (χ1v) is 9.47. The standard InChI is InChI=1S/C20H26N6O/c1-2-14-4-3-5-16(10-14)24-20-19-15(6-9-26(19)23-13-22-20)11-25-8-7-17(21)18(27)12-25/h3-6,9-10,13,17-18,27H,2,7-8,11-12,21H2,1H3,(H,22,23,24)/t17-,18+/m1/s1. The first-order chi connectivity index (χ1) is 13.1. The number of rotatable bonds is 5. The average Bonchev–Trinajstić information content (AvgIpc) is 3.09. The zero-order chi connectivity index (χ0) is 18.8. The van der Waals surface area contributed by atoms with Crippen molar-refractivity contribution in [3.8, 4) is 0 Å². The number of nitrogens with zero attached hydrogens (tertiary/aromatic N) is 4. The number of fused-ring (bicyclic) bond motifs is 1. The maximum Gasteiger partial charge on any atom is 0.158 e. The van der Waals surface area contributed by atoms with E-state index in [4.69, 9.17) is 5.73 Å². The van der Waals surface area contributed by atoms with E-state index in [-0.39, 0.29) is 6.04 Å². The third-order valence-corrected chi connectivity index (χ3v) is 5.25. The van der Waals surface area contributed by atoms with Crippen molar-refractivity contribution >= 4 is 17.0 Å². The number of aliphatic hydroxyl groups is 1. The number of anilines is 2. The normalized spacial score (nSPS) is 20.9. The van der Waals surface area contributed by atoms with E-state index in [0.29, 0.717) is 6.54 Å². The van der Waals surface area contributed by atoms with Gasteiger partial charge in [-0.05, 0) is 42.2 Å². The Morgan fingerprint density at radius 3 is 3.04 bits per heavy atom. The maximum atomic E-state index is 10.1. The predicted molar refractivity (Wildman–Crippen MR) is 106 cm³/mol. The second kappa shape index (κ2) is 7.64. The van der Waals surface area contributed by atoms with Crippen LogP contribution in [0, 0.1) is 0 Å². The van der Waals surface area contributed by atoms with Gasteiger partial charge in [-0.25, -0.2) is 9.50 Å². The Hall–Kier alpha value is -2.48. The number of nitrogens with one attached hydrogen (secondary N) is 1. The first kappa shape index (κ1) is 17.9. The van der Waals surface area contributed by atoms with Crippen LogP contribution < -0.4 is 11.1 Å². The highest BCUT2D eigenvalue weighted by Crippen LogP contribution is 2.25. The Morgan fingerprint density at radius 1 is 1.33 bits per heavy atom. The SMILES string of the molecule is CCc1cccc(Nc2ncnn3ccc(CN4CC[C@@H](N)[C@@H](O)C4)c23)c1. The van der Waals surface area contributed by atoms with Crippen LogP contribution in [0.25, 0.3) is 5.52 Å². The van der Waals surface area contributed by atoms with E-state index in [1.54, 1.807) is 6.33 Å². The lowest BCUT2D eigenvalue weighted by Gasteiger charge is -2.33. The summed E-state index contributed by atoms with van der Waals surface area (Å²) in [6, 6.07) is 10.3. The average molecular weight is 366 g/mol. The molecule has 1 aliphatic heterocycles. The molecule has 0 bridgehead atoms. The minimum atomic E-state index is -0.474. The molecule has 1 saturated heterocycles. The molecule has 0 saturated carbocycles. The number of aryl methyl sites for hydroxylation is 1. The fourth-order valence-electron chi connectivity index (χ4n) is 3.64. The summed E-state index contributed by atoms with van der Waals surface area (Å²) in [5.41, 5.74) is 10.3. The summed E-state index contributed by atoms with van der Waals surface area (Å²) in [5, 5.41) is 17.9. The van der Waals surface area contributed by atoms with Crippen molar-refractivity contribution in [2.45, 2.75) is 38.5 Å². The van der Waals surface area contributed by atoms with Crippen LogP contribution >= 0.6 is 0 Å². The fraction of sp³-hybridized carbons (Fsp3) is 0.400. The van der Waals surface area contributed by atoms with Gasteiger partial charge < -0.3 is 16.2 Å². The summed E-state index contributed by atoms with van der Waals surface area (Å²) in [4.78, 5) is 6.71. The Kier molecular flexibility index (Phi) is 5.07. The number of piperidine rings is 1. The van der Waals surface area contributed by atoms with Gasteiger partial charge in [0.1, 0.15) is 11.8 Å². The van der Waals surface area contributed by atoms with E-state index in [1.807, 2.05) is 16.8 Å². The molecule has 1 aromatic carbocycles. The molecular formula is C20H26N6O. The summed E-state index contributed by atoms with van der Waals surface area (Å²) >= 11 is 0. The van der Waals surface area contributed by atoms with Gasteiger partial charge in [-0.15, -0.1) is 0 Å². The molecule has 3 aromatic rings. The van der Waals surface area contributed by atoms with Crippen molar-refractivity contribution in [2.75, 3.05) is 18.4 Å². The lowest BCUT2D eigenvalue weighted by Crippen LogP contribution is -2.50. The van der Waals surface area contributed by atoms with Gasteiger partial charge in [0.2, 0.25) is 0 Å². The van der Waals surface area contributed by atoms with Crippen LogP contribution in [0.4, 0.5) is 11.5 Å². The van der Waals surface area contributed by atoms with E-state index < -0.39 is 6.10 Å². The molecule has 0 unspecified atom stereocenters. The summed E-state index contributed by atoms with van der Waals surface area (Å²) in [5.74, 6) is 0.785. The second-order valence-corrected chi connectivity index (χ2v) is 7.18. The Morgan fingerprint density at radius 2 is 2.22 bits per heavy atom. The van der Waals surface area contributed by atoms with Gasteiger partial charge in [0.05, 0.1) is 6.10 Å². The van der Waals surface area contributed by atoms with Crippen molar-refractivity contribution in [2.24, 2.45) is 5.73 Å². The zero-order valence-corrected chi connectivity index (χ0v) is 15.5. The molecule has 0 spiro atoms. The van der Waals surface area contributed by atoms with Crippen molar-refractivity contribution < 1.29 is 5.11 Å². The number of aromatic nitrogens is 3. The number of hydrogen-bond acceptors (Lipinski definition) is 6. The number of aliphatic hydroxyl groups excluding tert-OH is 1. The maximum absolute atomic E-state index is 10.1. The van der Waals surface area contributed by atoms with Crippen LogP contribution in [0.1, 0.15) is 24.5 Å². The van der Waals surface area contributed by atoms with Gasteiger partial charge in [0, 0.05) is 37.6 Å². The molecule has 0 aliphatic carbocycles. The number of likely N-dealkylation sites (tertiary alicyclic amines) is 1. The molecule has 2 aromatic heterocycles. The van der Waals surface area contributed by atoms with Gasteiger partial charge in [-0.1, -0.05) is 19.1 Å². The van der Waals surface area contributed by atoms with Crippen LogP contribution in [0.3, 0.4) is 0 Å². The molecule has 0 amide bonds. The minimum absolute atomic E-state index is 0.126. The van der Waals surface area contributed by atoms with Crippen LogP contribution in [0.5, 0.6) is 0 Å². The molecule has 7 heteroatoms. The van der Waals surface area contributed by atoms with Gasteiger partial charge in [0.25, 0.3) is 0 Å². The quantitative estimate of drug-likeness (QED) is 0.639. The second-order valence-electron chi connectivity index (χ2n) is 7.18. The Balaban J connectivity index is 1.61. The van der Waals surface area contributed by atoms with Crippen molar-refractivity contribution in [1.29, 1.82) is 0 Å². The molecule has 4 rings (SSSR count). The van der Waals surface area contributed by atoms with Gasteiger partial charge in [-0.3, -0.25) is 4.90 Å². The molecule has 2 atom stereocenters. The number of hydrogen-bond donors (Lipinski definition) is 3. The molecule has 0 radical (unpaired) electrons. The molecule has 1 fully saturated rings. The third kappa shape index (κ3) is 3.80. The molecule has 1 aliphatic rings. The Bertz CT molecular complexity index is 924. The molecule has 7 nitrogen and oxygen atoms in total.